The van der Waals surface area contributed by atoms with Gasteiger partial charge in [0.15, 0.2) is 0 Å². The summed E-state index contributed by atoms with van der Waals surface area (Å²) in [5.41, 5.74) is 0.204. The van der Waals surface area contributed by atoms with Crippen LogP contribution >= 0.6 is 11.6 Å². The number of sulfonamides is 1. The van der Waals surface area contributed by atoms with E-state index in [1.54, 1.807) is 7.05 Å². The van der Waals surface area contributed by atoms with E-state index in [4.69, 9.17) is 21.1 Å². The Morgan fingerprint density at radius 2 is 1.87 bits per heavy atom. The van der Waals surface area contributed by atoms with Crippen LogP contribution < -0.4 is 4.74 Å². The molecule has 0 atom stereocenters. The molecule has 0 bridgehead atoms. The summed E-state index contributed by atoms with van der Waals surface area (Å²) >= 11 is 6.14. The Kier molecular flexibility index (Phi) is 7.30. The van der Waals surface area contributed by atoms with E-state index < -0.39 is 10.0 Å². The van der Waals surface area contributed by atoms with E-state index in [2.05, 4.69) is 0 Å². The second-order valence-electron chi connectivity index (χ2n) is 6.69. The standard InChI is InChI=1S/C20H22ClFN2O5S/c1-23(8-13-29-17-5-3-16(22)4-6-17)20(25)15-2-7-18(21)19(14-15)30(26,27)24-9-11-28-12-10-24/h2-7,14H,8-13H2,1H3. The average molecular weight is 457 g/mol. The van der Waals surface area contributed by atoms with Gasteiger partial charge in [-0.2, -0.15) is 4.31 Å². The first-order valence-electron chi connectivity index (χ1n) is 9.30. The maximum absolute atomic E-state index is 12.9. The van der Waals surface area contributed by atoms with Crippen LogP contribution in [0.3, 0.4) is 0 Å². The lowest BCUT2D eigenvalue weighted by Crippen LogP contribution is -2.40. The van der Waals surface area contributed by atoms with Crippen molar-refractivity contribution in [2.24, 2.45) is 0 Å². The predicted molar refractivity (Wildman–Crippen MR) is 110 cm³/mol. The zero-order chi connectivity index (χ0) is 21.7. The van der Waals surface area contributed by atoms with Gasteiger partial charge in [-0.3, -0.25) is 4.79 Å². The van der Waals surface area contributed by atoms with Crippen LogP contribution in [0.1, 0.15) is 10.4 Å². The van der Waals surface area contributed by atoms with Crippen LogP contribution in [0.5, 0.6) is 5.75 Å². The number of nitrogens with zero attached hydrogens (tertiary/aromatic N) is 2. The molecule has 30 heavy (non-hydrogen) atoms. The lowest BCUT2D eigenvalue weighted by molar-refractivity contribution is 0.0730. The van der Waals surface area contributed by atoms with Crippen molar-refractivity contribution >= 4 is 27.5 Å². The van der Waals surface area contributed by atoms with Crippen LogP contribution in [0.2, 0.25) is 5.02 Å². The maximum Gasteiger partial charge on any atom is 0.253 e. The minimum absolute atomic E-state index is 0.0559. The van der Waals surface area contributed by atoms with Crippen LogP contribution in [-0.2, 0) is 14.8 Å². The van der Waals surface area contributed by atoms with Gasteiger partial charge >= 0.3 is 0 Å². The van der Waals surface area contributed by atoms with E-state index in [-0.39, 0.29) is 53.4 Å². The third-order valence-corrected chi connectivity index (χ3v) is 7.00. The summed E-state index contributed by atoms with van der Waals surface area (Å²) < 4.78 is 50.8. The van der Waals surface area contributed by atoms with Gasteiger partial charge in [0.25, 0.3) is 5.91 Å². The maximum atomic E-state index is 12.9. The SMILES string of the molecule is CN(CCOc1ccc(F)cc1)C(=O)c1ccc(Cl)c(S(=O)(=O)N2CCOCC2)c1. The number of likely N-dealkylation sites (N-methyl/N-ethyl adjacent to an activating group) is 1. The van der Waals surface area contributed by atoms with Gasteiger partial charge in [0.2, 0.25) is 10.0 Å². The Hall–Kier alpha value is -2.20. The Morgan fingerprint density at radius 1 is 1.20 bits per heavy atom. The first kappa shape index (κ1) is 22.5. The largest absolute Gasteiger partial charge is 0.492 e. The molecular formula is C20H22ClFN2O5S. The molecule has 1 heterocycles. The van der Waals surface area contributed by atoms with Gasteiger partial charge in [0.05, 0.1) is 24.8 Å². The van der Waals surface area contributed by atoms with Crippen LogP contribution in [-0.4, -0.2) is 70.0 Å². The van der Waals surface area contributed by atoms with Gasteiger partial charge < -0.3 is 14.4 Å². The van der Waals surface area contributed by atoms with Crippen molar-refractivity contribution in [3.63, 3.8) is 0 Å². The molecule has 2 aromatic carbocycles. The zero-order valence-electron chi connectivity index (χ0n) is 16.4. The van der Waals surface area contributed by atoms with Crippen LogP contribution in [0, 0.1) is 5.82 Å². The molecule has 3 rings (SSSR count). The van der Waals surface area contributed by atoms with Crippen molar-refractivity contribution in [1.82, 2.24) is 9.21 Å². The van der Waals surface area contributed by atoms with Gasteiger partial charge in [-0.15, -0.1) is 0 Å². The molecule has 0 N–H and O–H groups in total. The molecule has 0 aliphatic carbocycles. The molecule has 0 radical (unpaired) electrons. The van der Waals surface area contributed by atoms with Gasteiger partial charge in [-0.05, 0) is 42.5 Å². The molecule has 2 aromatic rings. The number of carbonyl (C=O) groups excluding carboxylic acids is 1. The van der Waals surface area contributed by atoms with E-state index in [0.29, 0.717) is 19.0 Å². The second-order valence-corrected chi connectivity index (χ2v) is 9.00. The molecule has 0 spiro atoms. The van der Waals surface area contributed by atoms with Crippen LogP contribution in [0.4, 0.5) is 4.39 Å². The van der Waals surface area contributed by atoms with E-state index in [1.807, 2.05) is 0 Å². The molecule has 1 amide bonds. The smallest absolute Gasteiger partial charge is 0.253 e. The highest BCUT2D eigenvalue weighted by molar-refractivity contribution is 7.89. The normalized spacial score (nSPS) is 15.0. The number of carbonyl (C=O) groups is 1. The summed E-state index contributed by atoms with van der Waals surface area (Å²) in [7, 11) is -2.25. The second kappa shape index (κ2) is 9.74. The van der Waals surface area contributed by atoms with Gasteiger partial charge in [-0.25, -0.2) is 12.8 Å². The Balaban J connectivity index is 1.68. The van der Waals surface area contributed by atoms with Crippen molar-refractivity contribution in [1.29, 1.82) is 0 Å². The molecule has 10 heteroatoms. The lowest BCUT2D eigenvalue weighted by Gasteiger charge is -2.26. The summed E-state index contributed by atoms with van der Waals surface area (Å²) in [5, 5.41) is 0.0559. The number of hydrogen-bond donors (Lipinski definition) is 0. The number of ether oxygens (including phenoxy) is 2. The number of amides is 1. The summed E-state index contributed by atoms with van der Waals surface area (Å²) in [6, 6.07) is 9.76. The van der Waals surface area contributed by atoms with Crippen molar-refractivity contribution in [2.45, 2.75) is 4.90 Å². The van der Waals surface area contributed by atoms with Gasteiger partial charge in [0.1, 0.15) is 23.1 Å². The minimum Gasteiger partial charge on any atom is -0.492 e. The highest BCUT2D eigenvalue weighted by atomic mass is 35.5. The number of morpholine rings is 1. The topological polar surface area (TPSA) is 76.2 Å². The van der Waals surface area contributed by atoms with Crippen molar-refractivity contribution < 1.29 is 27.1 Å². The molecule has 7 nitrogen and oxygen atoms in total. The Labute approximate surface area is 180 Å². The van der Waals surface area contributed by atoms with E-state index in [1.165, 1.54) is 51.7 Å². The molecule has 1 saturated heterocycles. The molecule has 0 aromatic heterocycles. The quantitative estimate of drug-likeness (QED) is 0.640. The van der Waals surface area contributed by atoms with Gasteiger partial charge in [0, 0.05) is 25.7 Å². The van der Waals surface area contributed by atoms with Crippen molar-refractivity contribution in [3.05, 3.63) is 58.9 Å². The van der Waals surface area contributed by atoms with E-state index in [0.717, 1.165) is 0 Å². The first-order chi connectivity index (χ1) is 14.3. The monoisotopic (exact) mass is 456 g/mol. The van der Waals surface area contributed by atoms with Crippen LogP contribution in [0.25, 0.3) is 0 Å². The third-order valence-electron chi connectivity index (χ3n) is 4.62. The Bertz CT molecular complexity index is 995. The molecule has 162 valence electrons. The third kappa shape index (κ3) is 5.28. The Morgan fingerprint density at radius 3 is 2.53 bits per heavy atom. The number of hydrogen-bond acceptors (Lipinski definition) is 5. The van der Waals surface area contributed by atoms with E-state index >= 15 is 0 Å². The zero-order valence-corrected chi connectivity index (χ0v) is 18.0. The molecule has 0 unspecified atom stereocenters. The van der Waals surface area contributed by atoms with Crippen molar-refractivity contribution in [3.8, 4) is 5.75 Å². The highest BCUT2D eigenvalue weighted by Gasteiger charge is 2.29. The number of rotatable bonds is 7. The summed E-state index contributed by atoms with van der Waals surface area (Å²) in [5.74, 6) is -0.240. The van der Waals surface area contributed by atoms with Gasteiger partial charge in [-0.1, -0.05) is 11.6 Å². The predicted octanol–water partition coefficient (Wildman–Crippen LogP) is 2.65. The molecule has 1 aliphatic heterocycles. The van der Waals surface area contributed by atoms with Crippen LogP contribution in [0.15, 0.2) is 47.4 Å². The minimum atomic E-state index is -3.84. The summed E-state index contributed by atoms with van der Waals surface area (Å²) in [6.45, 7) is 1.54. The number of benzene rings is 2. The average Bonchev–Trinajstić information content (AvgIpc) is 2.75. The summed E-state index contributed by atoms with van der Waals surface area (Å²) in [6.07, 6.45) is 0. The molecular weight excluding hydrogens is 435 g/mol. The van der Waals surface area contributed by atoms with Crippen molar-refractivity contribution in [2.75, 3.05) is 46.5 Å². The van der Waals surface area contributed by atoms with E-state index in [9.17, 15) is 17.6 Å². The molecule has 0 saturated carbocycles. The molecule has 1 fully saturated rings. The number of halogens is 2. The highest BCUT2D eigenvalue weighted by Crippen LogP contribution is 2.27. The summed E-state index contributed by atoms with van der Waals surface area (Å²) in [4.78, 5) is 14.1. The first-order valence-corrected chi connectivity index (χ1v) is 11.1. The fourth-order valence-corrected chi connectivity index (χ4v) is 4.82. The fourth-order valence-electron chi connectivity index (χ4n) is 2.91. The molecule has 1 aliphatic rings. The lowest BCUT2D eigenvalue weighted by atomic mass is 10.2. The fraction of sp³-hybridized carbons (Fsp3) is 0.350.